The first kappa shape index (κ1) is 13.2. The van der Waals surface area contributed by atoms with E-state index in [1.54, 1.807) is 0 Å². The molecular formula is C14H24N2. The van der Waals surface area contributed by atoms with Crippen molar-refractivity contribution in [3.8, 4) is 0 Å². The van der Waals surface area contributed by atoms with Gasteiger partial charge in [0.1, 0.15) is 0 Å². The predicted molar refractivity (Wildman–Crippen MR) is 69.5 cm³/mol. The minimum Gasteiger partial charge on any atom is -0.315 e. The number of hydrogen-bond acceptors (Lipinski definition) is 2. The summed E-state index contributed by atoms with van der Waals surface area (Å²) < 4.78 is 0. The Morgan fingerprint density at radius 3 is 2.75 bits per heavy atom. The fourth-order valence-electron chi connectivity index (χ4n) is 2.03. The Hall–Kier alpha value is -0.890. The normalized spacial score (nSPS) is 13.8. The smallest absolute Gasteiger partial charge is 0.0299 e. The lowest BCUT2D eigenvalue weighted by molar-refractivity contribution is 0.317. The lowest BCUT2D eigenvalue weighted by atomic mass is 9.88. The maximum Gasteiger partial charge on any atom is 0.0299 e. The molecule has 0 aromatic carbocycles. The molecule has 0 amide bonds. The van der Waals surface area contributed by atoms with Crippen LogP contribution < -0.4 is 5.32 Å². The summed E-state index contributed by atoms with van der Waals surface area (Å²) in [4.78, 5) is 4.14. The van der Waals surface area contributed by atoms with Gasteiger partial charge in [0.05, 0.1) is 0 Å². The van der Waals surface area contributed by atoms with Crippen molar-refractivity contribution in [1.29, 1.82) is 0 Å². The van der Waals surface area contributed by atoms with E-state index in [9.17, 15) is 0 Å². The zero-order valence-electron chi connectivity index (χ0n) is 11.0. The largest absolute Gasteiger partial charge is 0.315 e. The van der Waals surface area contributed by atoms with Gasteiger partial charge < -0.3 is 5.32 Å². The average molecular weight is 220 g/mol. The van der Waals surface area contributed by atoms with Gasteiger partial charge in [0.2, 0.25) is 0 Å². The Labute approximate surface area is 99.5 Å². The first-order chi connectivity index (χ1) is 7.53. The lowest BCUT2D eigenvalue weighted by Gasteiger charge is -2.27. The van der Waals surface area contributed by atoms with Crippen LogP contribution in [0.15, 0.2) is 24.5 Å². The molecule has 1 N–H and O–H groups in total. The topological polar surface area (TPSA) is 24.9 Å². The van der Waals surface area contributed by atoms with Crippen molar-refractivity contribution in [2.45, 2.75) is 45.6 Å². The fraction of sp³-hybridized carbons (Fsp3) is 0.643. The molecule has 0 saturated heterocycles. The summed E-state index contributed by atoms with van der Waals surface area (Å²) in [5.41, 5.74) is 1.59. The molecule has 0 aliphatic rings. The van der Waals surface area contributed by atoms with Gasteiger partial charge in [-0.2, -0.15) is 0 Å². The van der Waals surface area contributed by atoms with E-state index in [1.807, 2.05) is 25.5 Å². The maximum atomic E-state index is 4.14. The Morgan fingerprint density at radius 1 is 1.44 bits per heavy atom. The van der Waals surface area contributed by atoms with Gasteiger partial charge in [0.15, 0.2) is 0 Å². The van der Waals surface area contributed by atoms with E-state index in [2.05, 4.69) is 37.1 Å². The molecule has 0 spiro atoms. The zero-order valence-corrected chi connectivity index (χ0v) is 11.0. The molecule has 1 aromatic rings. The molecular weight excluding hydrogens is 196 g/mol. The second-order valence-corrected chi connectivity index (χ2v) is 5.34. The number of nitrogens with zero attached hydrogens (tertiary/aromatic N) is 1. The van der Waals surface area contributed by atoms with E-state index >= 15 is 0 Å². The minimum absolute atomic E-state index is 0.244. The van der Waals surface area contributed by atoms with Crippen LogP contribution in [-0.2, 0) is 6.42 Å². The third-order valence-electron chi connectivity index (χ3n) is 3.18. The highest BCUT2D eigenvalue weighted by Crippen LogP contribution is 2.20. The van der Waals surface area contributed by atoms with Gasteiger partial charge in [0.25, 0.3) is 0 Å². The molecule has 1 atom stereocenters. The van der Waals surface area contributed by atoms with Gasteiger partial charge in [-0.25, -0.2) is 0 Å². The van der Waals surface area contributed by atoms with E-state index in [1.165, 1.54) is 18.4 Å². The third-order valence-corrected chi connectivity index (χ3v) is 3.18. The Morgan fingerprint density at radius 2 is 2.19 bits per heavy atom. The summed E-state index contributed by atoms with van der Waals surface area (Å²) in [6.07, 6.45) is 7.38. The fourth-order valence-corrected chi connectivity index (χ4v) is 2.03. The molecule has 0 bridgehead atoms. The molecule has 0 fully saturated rings. The summed E-state index contributed by atoms with van der Waals surface area (Å²) >= 11 is 0. The number of aryl methyl sites for hydroxylation is 1. The monoisotopic (exact) mass is 220 g/mol. The summed E-state index contributed by atoms with van der Waals surface area (Å²) in [6, 6.07) is 4.17. The molecule has 0 saturated carbocycles. The third kappa shape index (κ3) is 4.75. The van der Waals surface area contributed by atoms with Gasteiger partial charge in [0, 0.05) is 17.9 Å². The quantitative estimate of drug-likeness (QED) is 0.797. The number of pyridine rings is 1. The Bertz CT molecular complexity index is 293. The van der Waals surface area contributed by atoms with Gasteiger partial charge in [-0.1, -0.05) is 13.0 Å². The van der Waals surface area contributed by atoms with E-state index < -0.39 is 0 Å². The van der Waals surface area contributed by atoms with E-state index in [-0.39, 0.29) is 5.54 Å². The van der Waals surface area contributed by atoms with Crippen molar-refractivity contribution in [1.82, 2.24) is 10.3 Å². The van der Waals surface area contributed by atoms with E-state index in [4.69, 9.17) is 0 Å². The second-order valence-electron chi connectivity index (χ2n) is 5.34. The van der Waals surface area contributed by atoms with Crippen molar-refractivity contribution in [3.63, 3.8) is 0 Å². The average Bonchev–Trinajstić information content (AvgIpc) is 2.27. The minimum atomic E-state index is 0.244. The van der Waals surface area contributed by atoms with Crippen LogP contribution in [0.3, 0.4) is 0 Å². The number of rotatable bonds is 6. The highest BCUT2D eigenvalue weighted by Gasteiger charge is 2.18. The van der Waals surface area contributed by atoms with Crippen molar-refractivity contribution >= 4 is 0 Å². The van der Waals surface area contributed by atoms with Crippen molar-refractivity contribution in [3.05, 3.63) is 30.1 Å². The van der Waals surface area contributed by atoms with Gasteiger partial charge in [-0.15, -0.1) is 0 Å². The molecule has 1 heterocycles. The van der Waals surface area contributed by atoms with Crippen LogP contribution in [0, 0.1) is 5.92 Å². The van der Waals surface area contributed by atoms with Gasteiger partial charge in [-0.3, -0.25) is 4.98 Å². The van der Waals surface area contributed by atoms with Crippen LogP contribution in [0.1, 0.15) is 39.2 Å². The first-order valence-corrected chi connectivity index (χ1v) is 6.11. The summed E-state index contributed by atoms with van der Waals surface area (Å²) in [6.45, 7) is 6.84. The molecule has 0 radical (unpaired) electrons. The lowest BCUT2D eigenvalue weighted by Crippen LogP contribution is -2.37. The first-order valence-electron chi connectivity index (χ1n) is 6.11. The van der Waals surface area contributed by atoms with Crippen LogP contribution in [-0.4, -0.2) is 17.6 Å². The van der Waals surface area contributed by atoms with Crippen molar-refractivity contribution < 1.29 is 0 Å². The van der Waals surface area contributed by atoms with Crippen LogP contribution in [0.4, 0.5) is 0 Å². The van der Waals surface area contributed by atoms with Crippen LogP contribution in [0.25, 0.3) is 0 Å². The van der Waals surface area contributed by atoms with Crippen LogP contribution in [0.5, 0.6) is 0 Å². The number of nitrogens with one attached hydrogen (secondary N) is 1. The summed E-state index contributed by atoms with van der Waals surface area (Å²) in [5, 5.41) is 3.36. The zero-order chi connectivity index (χ0) is 12.0. The van der Waals surface area contributed by atoms with Crippen LogP contribution in [0.2, 0.25) is 0 Å². The maximum absolute atomic E-state index is 4.14. The molecule has 0 aliphatic carbocycles. The Kier molecular flexibility index (Phi) is 4.94. The molecule has 1 aromatic heterocycles. The molecule has 16 heavy (non-hydrogen) atoms. The molecule has 0 aliphatic heterocycles. The van der Waals surface area contributed by atoms with Gasteiger partial charge >= 0.3 is 0 Å². The van der Waals surface area contributed by atoms with Crippen LogP contribution >= 0.6 is 0 Å². The summed E-state index contributed by atoms with van der Waals surface area (Å²) in [5.74, 6) is 0.739. The Balaban J connectivity index is 2.33. The number of aromatic nitrogens is 1. The van der Waals surface area contributed by atoms with E-state index in [0.29, 0.717) is 0 Å². The van der Waals surface area contributed by atoms with E-state index in [0.717, 1.165) is 12.3 Å². The number of hydrogen-bond donors (Lipinski definition) is 1. The second kappa shape index (κ2) is 6.00. The standard InChI is InChI=1S/C14H24N2/c1-12(10-14(2,3)15-4)7-8-13-6-5-9-16-11-13/h5-6,9,11-12,15H,7-8,10H2,1-4H3. The molecule has 2 nitrogen and oxygen atoms in total. The molecule has 1 rings (SSSR count). The van der Waals surface area contributed by atoms with Crippen molar-refractivity contribution in [2.24, 2.45) is 5.92 Å². The predicted octanol–water partition coefficient (Wildman–Crippen LogP) is 3.04. The molecule has 1 unspecified atom stereocenters. The highest BCUT2D eigenvalue weighted by atomic mass is 14.9. The summed E-state index contributed by atoms with van der Waals surface area (Å²) in [7, 11) is 2.04. The van der Waals surface area contributed by atoms with Crippen molar-refractivity contribution in [2.75, 3.05) is 7.05 Å². The SMILES string of the molecule is CNC(C)(C)CC(C)CCc1cccnc1. The highest BCUT2D eigenvalue weighted by molar-refractivity contribution is 5.08. The van der Waals surface area contributed by atoms with Gasteiger partial charge in [-0.05, 0) is 57.7 Å². The molecule has 2 heteroatoms. The molecule has 90 valence electrons.